The van der Waals surface area contributed by atoms with Crippen LogP contribution in [0.15, 0.2) is 58.9 Å². The molecule has 2 aromatic carbocycles. The molecule has 9 nitrogen and oxygen atoms in total. The zero-order chi connectivity index (χ0) is 25.1. The molecule has 0 fully saturated rings. The van der Waals surface area contributed by atoms with Crippen molar-refractivity contribution < 1.29 is 19.0 Å². The summed E-state index contributed by atoms with van der Waals surface area (Å²) in [6, 6.07) is 12.7. The lowest BCUT2D eigenvalue weighted by Crippen LogP contribution is -2.31. The van der Waals surface area contributed by atoms with Crippen molar-refractivity contribution >= 4 is 29.3 Å². The summed E-state index contributed by atoms with van der Waals surface area (Å²) in [5.41, 5.74) is 2.68. The number of ether oxygens (including phenoxy) is 3. The van der Waals surface area contributed by atoms with E-state index in [0.29, 0.717) is 65.1 Å². The van der Waals surface area contributed by atoms with Crippen molar-refractivity contribution in [2.24, 2.45) is 0 Å². The fourth-order valence-electron chi connectivity index (χ4n) is 4.31. The topological polar surface area (TPSA) is 99.5 Å². The van der Waals surface area contributed by atoms with Gasteiger partial charge in [0, 0.05) is 12.1 Å². The van der Waals surface area contributed by atoms with Crippen LogP contribution >= 0.6 is 11.8 Å². The Hall–Kier alpha value is -3.66. The SMILES string of the molecule is CCOc1ccccc1NC(=O)C1=C(C)Nc2nc(SCC)nn2C1c1ccc2c(c1)OCCCO2. The van der Waals surface area contributed by atoms with Gasteiger partial charge in [0.2, 0.25) is 11.1 Å². The summed E-state index contributed by atoms with van der Waals surface area (Å²) in [5.74, 6) is 3.15. The first-order chi connectivity index (χ1) is 17.6. The van der Waals surface area contributed by atoms with Crippen LogP contribution in [-0.4, -0.2) is 46.2 Å². The predicted octanol–water partition coefficient (Wildman–Crippen LogP) is 4.88. The summed E-state index contributed by atoms with van der Waals surface area (Å²) in [4.78, 5) is 18.5. The van der Waals surface area contributed by atoms with E-state index in [-0.39, 0.29) is 5.91 Å². The number of hydrogen-bond donors (Lipinski definition) is 2. The Morgan fingerprint density at radius 1 is 1.19 bits per heavy atom. The Balaban J connectivity index is 1.57. The van der Waals surface area contributed by atoms with Crippen molar-refractivity contribution in [3.63, 3.8) is 0 Å². The van der Waals surface area contributed by atoms with Crippen molar-refractivity contribution in [2.45, 2.75) is 38.4 Å². The maximum absolute atomic E-state index is 13.8. The largest absolute Gasteiger partial charge is 0.492 e. The number of benzene rings is 2. The fourth-order valence-corrected chi connectivity index (χ4v) is 4.87. The summed E-state index contributed by atoms with van der Waals surface area (Å²) in [6.45, 7) is 7.52. The number of carbonyl (C=O) groups excluding carboxylic acids is 1. The number of amides is 1. The number of carbonyl (C=O) groups is 1. The van der Waals surface area contributed by atoms with E-state index in [1.165, 1.54) is 0 Å². The molecule has 0 aliphatic carbocycles. The molecule has 3 aromatic rings. The first-order valence-electron chi connectivity index (χ1n) is 12.1. The molecule has 1 unspecified atom stereocenters. The standard InChI is InChI=1S/C26H29N5O4S/c1-4-33-19-10-7-6-9-18(19)28-24(32)22-16(3)27-25-29-26(36-5-2)30-31(25)23(22)17-11-12-20-21(15-17)35-14-8-13-34-20/h6-7,9-12,15,23H,4-5,8,13-14H2,1-3H3,(H,28,32)(H,27,29,30). The number of nitrogens with zero attached hydrogens (tertiary/aromatic N) is 3. The van der Waals surface area contributed by atoms with Crippen LogP contribution < -0.4 is 24.8 Å². The van der Waals surface area contributed by atoms with E-state index in [1.54, 1.807) is 16.4 Å². The second-order valence-corrected chi connectivity index (χ2v) is 9.53. The number of aromatic nitrogens is 3. The van der Waals surface area contributed by atoms with Gasteiger partial charge in [-0.3, -0.25) is 4.79 Å². The number of thioether (sulfide) groups is 1. The van der Waals surface area contributed by atoms with Gasteiger partial charge in [0.25, 0.3) is 5.91 Å². The third kappa shape index (κ3) is 4.73. The molecule has 0 radical (unpaired) electrons. The van der Waals surface area contributed by atoms with E-state index >= 15 is 0 Å². The normalized spacial score (nSPS) is 16.6. The molecule has 188 valence electrons. The number of anilines is 2. The average Bonchev–Trinajstić information content (AvgIpc) is 3.11. The highest BCUT2D eigenvalue weighted by Gasteiger charge is 2.35. The molecular weight excluding hydrogens is 478 g/mol. The smallest absolute Gasteiger partial charge is 0.255 e. The van der Waals surface area contributed by atoms with Crippen molar-refractivity contribution in [1.29, 1.82) is 0 Å². The van der Waals surface area contributed by atoms with E-state index in [0.717, 1.165) is 17.7 Å². The molecule has 36 heavy (non-hydrogen) atoms. The van der Waals surface area contributed by atoms with Crippen LogP contribution in [0.5, 0.6) is 17.2 Å². The van der Waals surface area contributed by atoms with E-state index in [1.807, 2.05) is 56.3 Å². The summed E-state index contributed by atoms with van der Waals surface area (Å²) in [5, 5.41) is 11.7. The lowest BCUT2D eigenvalue weighted by atomic mass is 9.94. The average molecular weight is 508 g/mol. The molecule has 2 aliphatic heterocycles. The molecule has 1 atom stereocenters. The van der Waals surface area contributed by atoms with Gasteiger partial charge in [-0.1, -0.05) is 36.9 Å². The molecule has 0 bridgehead atoms. The van der Waals surface area contributed by atoms with Crippen LogP contribution in [0.1, 0.15) is 38.8 Å². The zero-order valence-corrected chi connectivity index (χ0v) is 21.4. The molecule has 10 heteroatoms. The first-order valence-corrected chi connectivity index (χ1v) is 13.1. The van der Waals surface area contributed by atoms with Gasteiger partial charge in [-0.2, -0.15) is 4.98 Å². The van der Waals surface area contributed by atoms with Crippen molar-refractivity contribution in [3.8, 4) is 17.2 Å². The van der Waals surface area contributed by atoms with Gasteiger partial charge in [-0.25, -0.2) is 4.68 Å². The Kier molecular flexibility index (Phi) is 7.04. The van der Waals surface area contributed by atoms with Crippen LogP contribution in [0.2, 0.25) is 0 Å². The minimum absolute atomic E-state index is 0.255. The number of nitrogens with one attached hydrogen (secondary N) is 2. The van der Waals surface area contributed by atoms with Crippen LogP contribution in [0.3, 0.4) is 0 Å². The minimum Gasteiger partial charge on any atom is -0.492 e. The summed E-state index contributed by atoms with van der Waals surface area (Å²) >= 11 is 1.55. The quantitative estimate of drug-likeness (QED) is 0.437. The Bertz CT molecular complexity index is 1310. The third-order valence-corrected chi connectivity index (χ3v) is 6.59. The van der Waals surface area contributed by atoms with Gasteiger partial charge >= 0.3 is 0 Å². The van der Waals surface area contributed by atoms with E-state index < -0.39 is 6.04 Å². The van der Waals surface area contributed by atoms with Gasteiger partial charge in [0.1, 0.15) is 11.8 Å². The lowest BCUT2D eigenvalue weighted by molar-refractivity contribution is -0.113. The molecule has 1 aromatic heterocycles. The first kappa shape index (κ1) is 24.1. The maximum atomic E-state index is 13.8. The van der Waals surface area contributed by atoms with E-state index in [9.17, 15) is 4.79 Å². The molecular formula is C26H29N5O4S. The maximum Gasteiger partial charge on any atom is 0.255 e. The van der Waals surface area contributed by atoms with Crippen molar-refractivity contribution in [1.82, 2.24) is 14.8 Å². The predicted molar refractivity (Wildman–Crippen MR) is 139 cm³/mol. The Labute approximate surface area is 214 Å². The lowest BCUT2D eigenvalue weighted by Gasteiger charge is -2.29. The second-order valence-electron chi connectivity index (χ2n) is 8.30. The van der Waals surface area contributed by atoms with Gasteiger partial charge in [-0.05, 0) is 49.4 Å². The van der Waals surface area contributed by atoms with Crippen molar-refractivity contribution in [2.75, 3.05) is 36.2 Å². The fraction of sp³-hybridized carbons (Fsp3) is 0.346. The van der Waals surface area contributed by atoms with Crippen LogP contribution in [0, 0.1) is 0 Å². The Morgan fingerprint density at radius 2 is 2.00 bits per heavy atom. The minimum atomic E-state index is -0.517. The van der Waals surface area contributed by atoms with Crippen LogP contribution in [0.4, 0.5) is 11.6 Å². The Morgan fingerprint density at radius 3 is 2.81 bits per heavy atom. The zero-order valence-electron chi connectivity index (χ0n) is 20.5. The highest BCUT2D eigenvalue weighted by atomic mass is 32.2. The third-order valence-electron chi connectivity index (χ3n) is 5.87. The van der Waals surface area contributed by atoms with Gasteiger partial charge in [-0.15, -0.1) is 5.10 Å². The molecule has 0 spiro atoms. The number of para-hydroxylation sites is 2. The highest BCUT2D eigenvalue weighted by Crippen LogP contribution is 2.40. The molecule has 0 saturated carbocycles. The van der Waals surface area contributed by atoms with Crippen molar-refractivity contribution in [3.05, 3.63) is 59.3 Å². The van der Waals surface area contributed by atoms with Crippen LogP contribution in [-0.2, 0) is 4.79 Å². The molecule has 2 N–H and O–H groups in total. The molecule has 2 aliphatic rings. The van der Waals surface area contributed by atoms with Gasteiger partial charge in [0.15, 0.2) is 11.5 Å². The highest BCUT2D eigenvalue weighted by molar-refractivity contribution is 7.99. The van der Waals surface area contributed by atoms with E-state index in [2.05, 4.69) is 22.5 Å². The molecule has 1 amide bonds. The molecule has 3 heterocycles. The summed E-state index contributed by atoms with van der Waals surface area (Å²) < 4.78 is 19.3. The summed E-state index contributed by atoms with van der Waals surface area (Å²) in [6.07, 6.45) is 0.814. The second kappa shape index (κ2) is 10.5. The number of hydrogen-bond acceptors (Lipinski definition) is 8. The van der Waals surface area contributed by atoms with Gasteiger partial charge < -0.3 is 24.8 Å². The number of fused-ring (bicyclic) bond motifs is 2. The monoisotopic (exact) mass is 507 g/mol. The summed E-state index contributed by atoms with van der Waals surface area (Å²) in [7, 11) is 0. The number of allylic oxidation sites excluding steroid dienone is 1. The van der Waals surface area contributed by atoms with Crippen LogP contribution in [0.25, 0.3) is 0 Å². The number of rotatable bonds is 7. The van der Waals surface area contributed by atoms with Gasteiger partial charge in [0.05, 0.1) is 31.1 Å². The van der Waals surface area contributed by atoms with E-state index in [4.69, 9.17) is 19.3 Å². The molecule has 5 rings (SSSR count). The molecule has 0 saturated heterocycles.